The molecular weight excluding hydrogens is 322 g/mol. The molecule has 0 saturated carbocycles. The molecule has 1 rings (SSSR count). The number of amides is 1. The number of ether oxygens (including phenoxy) is 1. The van der Waals surface area contributed by atoms with Crippen LogP contribution in [-0.2, 0) is 9.53 Å². The normalized spacial score (nSPS) is 10.2. The summed E-state index contributed by atoms with van der Waals surface area (Å²) in [5.74, 6) is -0.523. The first-order chi connectivity index (χ1) is 9.47. The Kier molecular flexibility index (Phi) is 6.71. The van der Waals surface area contributed by atoms with E-state index < -0.39 is 0 Å². The fraction of sp³-hybridized carbons (Fsp3) is 0.467. The minimum Gasteiger partial charge on any atom is -0.465 e. The van der Waals surface area contributed by atoms with Gasteiger partial charge in [0.1, 0.15) is 6.54 Å². The Morgan fingerprint density at radius 1 is 1.25 bits per heavy atom. The molecule has 4 nitrogen and oxygen atoms in total. The summed E-state index contributed by atoms with van der Waals surface area (Å²) < 4.78 is 5.77. The third-order valence-corrected chi connectivity index (χ3v) is 3.15. The molecule has 0 unspecified atom stereocenters. The second-order valence-electron chi connectivity index (χ2n) is 4.55. The van der Waals surface area contributed by atoms with E-state index >= 15 is 0 Å². The SMILES string of the molecule is CCCN(CC(=O)OCC)C(=O)c1cc(C)cc(Br)c1. The second-order valence-corrected chi connectivity index (χ2v) is 5.46. The molecule has 0 atom stereocenters. The van der Waals surface area contributed by atoms with Gasteiger partial charge in [-0.2, -0.15) is 0 Å². The van der Waals surface area contributed by atoms with E-state index in [1.54, 1.807) is 13.0 Å². The molecule has 0 spiro atoms. The molecule has 0 radical (unpaired) electrons. The third-order valence-electron chi connectivity index (χ3n) is 2.70. The summed E-state index contributed by atoms with van der Waals surface area (Å²) in [7, 11) is 0. The van der Waals surface area contributed by atoms with Crippen molar-refractivity contribution in [2.24, 2.45) is 0 Å². The molecule has 20 heavy (non-hydrogen) atoms. The zero-order valence-corrected chi connectivity index (χ0v) is 13.7. The lowest BCUT2D eigenvalue weighted by Gasteiger charge is -2.21. The molecule has 0 aliphatic heterocycles. The zero-order valence-electron chi connectivity index (χ0n) is 12.1. The largest absolute Gasteiger partial charge is 0.465 e. The maximum absolute atomic E-state index is 12.5. The number of carbonyl (C=O) groups excluding carboxylic acids is 2. The maximum Gasteiger partial charge on any atom is 0.325 e. The zero-order chi connectivity index (χ0) is 15.1. The third kappa shape index (κ3) is 4.96. The smallest absolute Gasteiger partial charge is 0.325 e. The van der Waals surface area contributed by atoms with Crippen molar-refractivity contribution in [3.05, 3.63) is 33.8 Å². The predicted octanol–water partition coefficient (Wildman–Crippen LogP) is 3.17. The highest BCUT2D eigenvalue weighted by Gasteiger charge is 2.19. The van der Waals surface area contributed by atoms with E-state index in [2.05, 4.69) is 15.9 Å². The summed E-state index contributed by atoms with van der Waals surface area (Å²) in [4.78, 5) is 25.6. The molecule has 0 aromatic heterocycles. The van der Waals surface area contributed by atoms with Gasteiger partial charge in [0.25, 0.3) is 5.91 Å². The van der Waals surface area contributed by atoms with Crippen molar-refractivity contribution in [3.63, 3.8) is 0 Å². The van der Waals surface area contributed by atoms with E-state index in [9.17, 15) is 9.59 Å². The number of rotatable bonds is 6. The fourth-order valence-corrected chi connectivity index (χ4v) is 2.53. The highest BCUT2D eigenvalue weighted by atomic mass is 79.9. The van der Waals surface area contributed by atoms with Crippen molar-refractivity contribution in [1.82, 2.24) is 4.90 Å². The number of aryl methyl sites for hydroxylation is 1. The van der Waals surface area contributed by atoms with Crippen LogP contribution >= 0.6 is 15.9 Å². The number of benzene rings is 1. The predicted molar refractivity (Wildman–Crippen MR) is 81.7 cm³/mol. The summed E-state index contributed by atoms with van der Waals surface area (Å²) >= 11 is 3.38. The lowest BCUT2D eigenvalue weighted by Crippen LogP contribution is -2.37. The average molecular weight is 342 g/mol. The Hall–Kier alpha value is -1.36. The van der Waals surface area contributed by atoms with Crippen molar-refractivity contribution < 1.29 is 14.3 Å². The first kappa shape index (κ1) is 16.7. The molecule has 0 bridgehead atoms. The maximum atomic E-state index is 12.5. The van der Waals surface area contributed by atoms with Gasteiger partial charge in [0.15, 0.2) is 0 Å². The Labute approximate surface area is 128 Å². The number of carbonyl (C=O) groups is 2. The van der Waals surface area contributed by atoms with Crippen molar-refractivity contribution in [3.8, 4) is 0 Å². The lowest BCUT2D eigenvalue weighted by molar-refractivity contribution is -0.143. The first-order valence-corrected chi connectivity index (χ1v) is 7.49. The molecule has 1 aromatic rings. The minimum absolute atomic E-state index is 0.00786. The highest BCUT2D eigenvalue weighted by Crippen LogP contribution is 2.17. The van der Waals surface area contributed by atoms with Crippen molar-refractivity contribution in [2.75, 3.05) is 19.7 Å². The van der Waals surface area contributed by atoms with Crippen LogP contribution in [0, 0.1) is 6.92 Å². The van der Waals surface area contributed by atoms with Gasteiger partial charge in [-0.25, -0.2) is 0 Å². The van der Waals surface area contributed by atoms with E-state index in [0.29, 0.717) is 18.7 Å². The molecule has 110 valence electrons. The Morgan fingerprint density at radius 3 is 2.50 bits per heavy atom. The minimum atomic E-state index is -0.374. The van der Waals surface area contributed by atoms with Crippen LogP contribution in [0.1, 0.15) is 36.2 Å². The molecular formula is C15H20BrNO3. The summed E-state index contributed by atoms with van der Waals surface area (Å²) in [5.41, 5.74) is 1.57. The van der Waals surface area contributed by atoms with E-state index in [0.717, 1.165) is 16.5 Å². The summed E-state index contributed by atoms with van der Waals surface area (Å²) in [5, 5.41) is 0. The number of hydrogen-bond acceptors (Lipinski definition) is 3. The van der Waals surface area contributed by atoms with Crippen molar-refractivity contribution in [2.45, 2.75) is 27.2 Å². The van der Waals surface area contributed by atoms with Crippen LogP contribution in [-0.4, -0.2) is 36.5 Å². The molecule has 5 heteroatoms. The van der Waals surface area contributed by atoms with Crippen LogP contribution in [0.3, 0.4) is 0 Å². The Morgan fingerprint density at radius 2 is 1.95 bits per heavy atom. The van der Waals surface area contributed by atoms with Gasteiger partial charge in [0, 0.05) is 16.6 Å². The van der Waals surface area contributed by atoms with Crippen LogP contribution < -0.4 is 0 Å². The Bertz CT molecular complexity index is 468. The van der Waals surface area contributed by atoms with Gasteiger partial charge >= 0.3 is 5.97 Å². The van der Waals surface area contributed by atoms with Gasteiger partial charge in [-0.05, 0) is 44.0 Å². The standard InChI is InChI=1S/C15H20BrNO3/c1-4-6-17(10-14(18)20-5-2)15(19)12-7-11(3)8-13(16)9-12/h7-9H,4-6,10H2,1-3H3. The number of hydrogen-bond donors (Lipinski definition) is 0. The van der Waals surface area contributed by atoms with Crippen molar-refractivity contribution >= 4 is 27.8 Å². The van der Waals surface area contributed by atoms with Crippen LogP contribution in [0.15, 0.2) is 22.7 Å². The lowest BCUT2D eigenvalue weighted by atomic mass is 10.1. The Balaban J connectivity index is 2.89. The quantitative estimate of drug-likeness (QED) is 0.746. The number of halogens is 1. The average Bonchev–Trinajstić information content (AvgIpc) is 2.36. The first-order valence-electron chi connectivity index (χ1n) is 6.70. The van der Waals surface area contributed by atoms with E-state index in [4.69, 9.17) is 4.74 Å². The van der Waals surface area contributed by atoms with E-state index in [1.807, 2.05) is 26.0 Å². The van der Waals surface area contributed by atoms with Gasteiger partial charge in [-0.3, -0.25) is 9.59 Å². The topological polar surface area (TPSA) is 46.6 Å². The molecule has 0 saturated heterocycles. The van der Waals surface area contributed by atoms with Crippen LogP contribution in [0.2, 0.25) is 0 Å². The highest BCUT2D eigenvalue weighted by molar-refractivity contribution is 9.10. The van der Waals surface area contributed by atoms with Gasteiger partial charge < -0.3 is 9.64 Å². The van der Waals surface area contributed by atoms with Crippen LogP contribution in [0.5, 0.6) is 0 Å². The van der Waals surface area contributed by atoms with E-state index in [1.165, 1.54) is 4.90 Å². The molecule has 0 heterocycles. The van der Waals surface area contributed by atoms with Gasteiger partial charge in [-0.1, -0.05) is 22.9 Å². The number of nitrogens with zero attached hydrogens (tertiary/aromatic N) is 1. The second kappa shape index (κ2) is 8.04. The molecule has 1 amide bonds. The van der Waals surface area contributed by atoms with E-state index in [-0.39, 0.29) is 18.4 Å². The van der Waals surface area contributed by atoms with Gasteiger partial charge in [0.05, 0.1) is 6.61 Å². The molecule has 0 fully saturated rings. The summed E-state index contributed by atoms with van der Waals surface area (Å²) in [6.07, 6.45) is 0.790. The van der Waals surface area contributed by atoms with Crippen LogP contribution in [0.4, 0.5) is 0 Å². The summed E-state index contributed by atoms with van der Waals surface area (Å²) in [6.45, 7) is 6.49. The van der Waals surface area contributed by atoms with Crippen LogP contribution in [0.25, 0.3) is 0 Å². The molecule has 0 N–H and O–H groups in total. The number of esters is 1. The fourth-order valence-electron chi connectivity index (χ4n) is 1.93. The van der Waals surface area contributed by atoms with Crippen molar-refractivity contribution in [1.29, 1.82) is 0 Å². The van der Waals surface area contributed by atoms with Gasteiger partial charge in [0.2, 0.25) is 0 Å². The molecule has 0 aliphatic carbocycles. The monoisotopic (exact) mass is 341 g/mol. The van der Waals surface area contributed by atoms with Gasteiger partial charge in [-0.15, -0.1) is 0 Å². The molecule has 0 aliphatic rings. The molecule has 1 aromatic carbocycles. The summed E-state index contributed by atoms with van der Waals surface area (Å²) in [6, 6.07) is 5.52.